The molecule has 0 unspecified atom stereocenters. The zero-order chi connectivity index (χ0) is 20.2. The number of rotatable bonds is 7. The standard InChI is InChI=1S/C19H13F2N3O3S2/c20-18(21)27-14-5-2-1-4-12(14)13-10-29-19(23-13)24-16(25)8-11-9-28-17(22-11)15-6-3-7-26-15/h1-7,9-10,18H,8H2,(H,23,24,25). The average Bonchev–Trinajstić information content (AvgIpc) is 3.43. The van der Waals surface area contributed by atoms with Crippen molar-refractivity contribution in [3.8, 4) is 27.8 Å². The van der Waals surface area contributed by atoms with Crippen LogP contribution >= 0.6 is 22.7 Å². The molecule has 29 heavy (non-hydrogen) atoms. The normalized spacial score (nSPS) is 11.0. The minimum atomic E-state index is -2.93. The first-order valence-electron chi connectivity index (χ1n) is 8.36. The molecule has 0 saturated heterocycles. The molecule has 0 aliphatic carbocycles. The van der Waals surface area contributed by atoms with Gasteiger partial charge >= 0.3 is 6.61 Å². The molecule has 0 saturated carbocycles. The zero-order valence-corrected chi connectivity index (χ0v) is 16.3. The number of anilines is 1. The first kappa shape index (κ1) is 19.2. The highest BCUT2D eigenvalue weighted by atomic mass is 32.1. The van der Waals surface area contributed by atoms with Gasteiger partial charge in [-0.3, -0.25) is 4.79 Å². The predicted molar refractivity (Wildman–Crippen MR) is 106 cm³/mol. The Morgan fingerprint density at radius 3 is 2.79 bits per heavy atom. The van der Waals surface area contributed by atoms with Crippen molar-refractivity contribution in [2.24, 2.45) is 0 Å². The third-order valence-electron chi connectivity index (χ3n) is 3.75. The number of benzene rings is 1. The average molecular weight is 433 g/mol. The highest BCUT2D eigenvalue weighted by molar-refractivity contribution is 7.14. The number of halogens is 2. The summed E-state index contributed by atoms with van der Waals surface area (Å²) in [6.45, 7) is -2.93. The summed E-state index contributed by atoms with van der Waals surface area (Å²) in [6.07, 6.45) is 1.64. The summed E-state index contributed by atoms with van der Waals surface area (Å²) in [5.41, 5.74) is 1.48. The Balaban J connectivity index is 1.42. The van der Waals surface area contributed by atoms with Gasteiger partial charge in [-0.15, -0.1) is 22.7 Å². The zero-order valence-electron chi connectivity index (χ0n) is 14.7. The lowest BCUT2D eigenvalue weighted by Crippen LogP contribution is -2.14. The molecule has 0 aliphatic heterocycles. The van der Waals surface area contributed by atoms with Crippen molar-refractivity contribution in [3.63, 3.8) is 0 Å². The molecule has 1 N–H and O–H groups in total. The van der Waals surface area contributed by atoms with E-state index >= 15 is 0 Å². The number of carbonyl (C=O) groups excluding carboxylic acids is 1. The number of furan rings is 1. The van der Waals surface area contributed by atoms with E-state index in [1.165, 1.54) is 28.7 Å². The second-order valence-electron chi connectivity index (χ2n) is 5.76. The summed E-state index contributed by atoms with van der Waals surface area (Å²) < 4.78 is 35.0. The third-order valence-corrected chi connectivity index (χ3v) is 5.42. The molecule has 10 heteroatoms. The van der Waals surface area contributed by atoms with Gasteiger partial charge in [-0.1, -0.05) is 12.1 Å². The van der Waals surface area contributed by atoms with E-state index in [1.54, 1.807) is 47.4 Å². The van der Waals surface area contributed by atoms with Crippen molar-refractivity contribution in [3.05, 3.63) is 59.1 Å². The number of nitrogens with one attached hydrogen (secondary N) is 1. The number of nitrogens with zero attached hydrogens (tertiary/aromatic N) is 2. The van der Waals surface area contributed by atoms with Crippen molar-refractivity contribution in [1.29, 1.82) is 0 Å². The number of aromatic nitrogens is 2. The summed E-state index contributed by atoms with van der Waals surface area (Å²) in [6, 6.07) is 9.94. The van der Waals surface area contributed by atoms with Crippen molar-refractivity contribution in [2.45, 2.75) is 13.0 Å². The van der Waals surface area contributed by atoms with Gasteiger partial charge in [0.2, 0.25) is 5.91 Å². The van der Waals surface area contributed by atoms with Gasteiger partial charge in [0.15, 0.2) is 15.9 Å². The molecular formula is C19H13F2N3O3S2. The van der Waals surface area contributed by atoms with E-state index in [1.807, 2.05) is 0 Å². The summed E-state index contributed by atoms with van der Waals surface area (Å²) in [5.74, 6) is 0.397. The Kier molecular flexibility index (Phi) is 5.63. The van der Waals surface area contributed by atoms with Crippen molar-refractivity contribution >= 4 is 33.7 Å². The van der Waals surface area contributed by atoms with Crippen LogP contribution in [0.2, 0.25) is 0 Å². The van der Waals surface area contributed by atoms with Crippen LogP contribution in [-0.2, 0) is 11.2 Å². The van der Waals surface area contributed by atoms with E-state index in [0.29, 0.717) is 32.9 Å². The molecule has 1 amide bonds. The van der Waals surface area contributed by atoms with Crippen LogP contribution in [0.25, 0.3) is 22.0 Å². The molecule has 3 aromatic heterocycles. The van der Waals surface area contributed by atoms with Crippen LogP contribution in [0.4, 0.5) is 13.9 Å². The molecule has 4 rings (SSSR count). The van der Waals surface area contributed by atoms with Crippen LogP contribution in [0.3, 0.4) is 0 Å². The van der Waals surface area contributed by atoms with Crippen molar-refractivity contribution in [2.75, 3.05) is 5.32 Å². The molecule has 0 fully saturated rings. The topological polar surface area (TPSA) is 77.3 Å². The first-order valence-corrected chi connectivity index (χ1v) is 10.1. The maximum atomic E-state index is 12.6. The third kappa shape index (κ3) is 4.66. The SMILES string of the molecule is O=C(Cc1csc(-c2ccco2)n1)Nc1nc(-c2ccccc2OC(F)F)cs1. The van der Waals surface area contributed by atoms with Gasteiger partial charge in [0.05, 0.1) is 24.1 Å². The maximum Gasteiger partial charge on any atom is 0.387 e. The van der Waals surface area contributed by atoms with Crippen LogP contribution in [0.5, 0.6) is 5.75 Å². The molecule has 148 valence electrons. The van der Waals surface area contributed by atoms with Gasteiger partial charge in [-0.05, 0) is 24.3 Å². The number of hydrogen-bond donors (Lipinski definition) is 1. The van der Waals surface area contributed by atoms with E-state index in [4.69, 9.17) is 4.42 Å². The van der Waals surface area contributed by atoms with E-state index < -0.39 is 6.61 Å². The predicted octanol–water partition coefficient (Wildman–Crippen LogP) is 5.31. The fourth-order valence-electron chi connectivity index (χ4n) is 2.56. The summed E-state index contributed by atoms with van der Waals surface area (Å²) in [4.78, 5) is 21.0. The molecular weight excluding hydrogens is 420 g/mol. The second-order valence-corrected chi connectivity index (χ2v) is 7.48. The van der Waals surface area contributed by atoms with Crippen LogP contribution in [-0.4, -0.2) is 22.5 Å². The fourth-order valence-corrected chi connectivity index (χ4v) is 4.07. The van der Waals surface area contributed by atoms with Crippen LogP contribution in [0.1, 0.15) is 5.69 Å². The lowest BCUT2D eigenvalue weighted by atomic mass is 10.1. The largest absolute Gasteiger partial charge is 0.462 e. The van der Waals surface area contributed by atoms with Gasteiger partial charge in [0.1, 0.15) is 5.75 Å². The number of thiazole rings is 2. The summed E-state index contributed by atoms with van der Waals surface area (Å²) in [5, 5.41) is 7.23. The maximum absolute atomic E-state index is 12.6. The molecule has 0 aliphatic rings. The Morgan fingerprint density at radius 2 is 2.00 bits per heavy atom. The Labute approximate surface area is 171 Å². The quantitative estimate of drug-likeness (QED) is 0.427. The van der Waals surface area contributed by atoms with Crippen molar-refractivity contribution in [1.82, 2.24) is 9.97 Å². The van der Waals surface area contributed by atoms with E-state index in [0.717, 1.165) is 0 Å². The highest BCUT2D eigenvalue weighted by Crippen LogP contribution is 2.33. The van der Waals surface area contributed by atoms with Gasteiger partial charge in [-0.25, -0.2) is 9.97 Å². The van der Waals surface area contributed by atoms with Gasteiger partial charge in [-0.2, -0.15) is 8.78 Å². The van der Waals surface area contributed by atoms with Crippen molar-refractivity contribution < 1.29 is 22.7 Å². The van der Waals surface area contributed by atoms with Gasteiger partial charge < -0.3 is 14.5 Å². The van der Waals surface area contributed by atoms with Crippen LogP contribution < -0.4 is 10.1 Å². The number of para-hydroxylation sites is 1. The lowest BCUT2D eigenvalue weighted by Gasteiger charge is -2.08. The summed E-state index contributed by atoms with van der Waals surface area (Å²) in [7, 11) is 0. The highest BCUT2D eigenvalue weighted by Gasteiger charge is 2.15. The minimum Gasteiger partial charge on any atom is -0.462 e. The molecule has 6 nitrogen and oxygen atoms in total. The second kappa shape index (κ2) is 8.50. The van der Waals surface area contributed by atoms with Gasteiger partial charge in [0, 0.05) is 16.3 Å². The molecule has 4 aromatic rings. The fraction of sp³-hybridized carbons (Fsp3) is 0.105. The van der Waals surface area contributed by atoms with Crippen LogP contribution in [0, 0.1) is 0 Å². The lowest BCUT2D eigenvalue weighted by molar-refractivity contribution is -0.115. The van der Waals surface area contributed by atoms with Gasteiger partial charge in [0.25, 0.3) is 0 Å². The van der Waals surface area contributed by atoms with E-state index in [2.05, 4.69) is 20.0 Å². The first-order chi connectivity index (χ1) is 14.1. The molecule has 0 radical (unpaired) electrons. The Bertz CT molecular complexity index is 1110. The van der Waals surface area contributed by atoms with E-state index in [9.17, 15) is 13.6 Å². The Hall–Kier alpha value is -3.11. The van der Waals surface area contributed by atoms with Crippen LogP contribution in [0.15, 0.2) is 57.8 Å². The molecule has 3 heterocycles. The number of carbonyl (C=O) groups is 1. The Morgan fingerprint density at radius 1 is 1.14 bits per heavy atom. The number of hydrogen-bond acceptors (Lipinski definition) is 7. The molecule has 0 spiro atoms. The van der Waals surface area contributed by atoms with E-state index in [-0.39, 0.29) is 18.1 Å². The molecule has 1 aromatic carbocycles. The smallest absolute Gasteiger partial charge is 0.387 e. The summed E-state index contributed by atoms with van der Waals surface area (Å²) >= 11 is 2.59. The number of amides is 1. The number of ether oxygens (including phenoxy) is 1. The molecule has 0 bridgehead atoms. The monoisotopic (exact) mass is 433 g/mol. The molecule has 0 atom stereocenters. The number of alkyl halides is 2. The minimum absolute atomic E-state index is 0.0265.